The second-order valence-corrected chi connectivity index (χ2v) is 4.41. The molecular weight excluding hydrogens is 276 g/mol. The summed E-state index contributed by atoms with van der Waals surface area (Å²) in [4.78, 5) is 26.8. The highest BCUT2D eigenvalue weighted by Crippen LogP contribution is 2.05. The Hall–Kier alpha value is -3.10. The van der Waals surface area contributed by atoms with E-state index in [-0.39, 0.29) is 17.8 Å². The van der Waals surface area contributed by atoms with Crippen molar-refractivity contribution in [3.8, 4) is 0 Å². The van der Waals surface area contributed by atoms with Gasteiger partial charge >= 0.3 is 5.97 Å². The Bertz CT molecular complexity index is 897. The third-order valence-electron chi connectivity index (χ3n) is 3.00. The SMILES string of the molecule is Cn1ncc2c(=O)n(Cc3ccnc(C(=O)O)c3)nnc21. The minimum atomic E-state index is -1.13. The first-order valence-electron chi connectivity index (χ1n) is 6.00. The summed E-state index contributed by atoms with van der Waals surface area (Å²) in [5, 5.41) is 21.0. The average molecular weight is 286 g/mol. The Balaban J connectivity index is 2.02. The largest absolute Gasteiger partial charge is 0.477 e. The van der Waals surface area contributed by atoms with Gasteiger partial charge in [-0.05, 0) is 17.7 Å². The molecule has 0 atom stereocenters. The van der Waals surface area contributed by atoms with Crippen molar-refractivity contribution in [3.05, 3.63) is 46.1 Å². The van der Waals surface area contributed by atoms with Crippen molar-refractivity contribution < 1.29 is 9.90 Å². The zero-order chi connectivity index (χ0) is 15.0. The summed E-state index contributed by atoms with van der Waals surface area (Å²) >= 11 is 0. The predicted octanol–water partition coefficient (Wildman–Crippen LogP) is -0.334. The highest BCUT2D eigenvalue weighted by molar-refractivity contribution is 5.85. The molecule has 3 heterocycles. The molecular formula is C12H10N6O3. The number of hydrogen-bond donors (Lipinski definition) is 1. The van der Waals surface area contributed by atoms with Gasteiger partial charge in [-0.25, -0.2) is 19.1 Å². The van der Waals surface area contributed by atoms with Crippen LogP contribution in [0.3, 0.4) is 0 Å². The fourth-order valence-corrected chi connectivity index (χ4v) is 1.94. The smallest absolute Gasteiger partial charge is 0.354 e. The van der Waals surface area contributed by atoms with E-state index < -0.39 is 5.97 Å². The molecule has 3 aromatic rings. The zero-order valence-corrected chi connectivity index (χ0v) is 11.0. The quantitative estimate of drug-likeness (QED) is 0.700. The number of aromatic nitrogens is 6. The molecule has 0 saturated carbocycles. The molecule has 0 bridgehead atoms. The van der Waals surface area contributed by atoms with Gasteiger partial charge < -0.3 is 5.11 Å². The van der Waals surface area contributed by atoms with Crippen molar-refractivity contribution in [1.29, 1.82) is 0 Å². The molecule has 0 aromatic carbocycles. The number of carboxylic acids is 1. The number of hydrogen-bond acceptors (Lipinski definition) is 6. The van der Waals surface area contributed by atoms with Gasteiger partial charge in [-0.2, -0.15) is 5.10 Å². The van der Waals surface area contributed by atoms with Crippen molar-refractivity contribution in [2.24, 2.45) is 7.05 Å². The van der Waals surface area contributed by atoms with E-state index in [1.807, 2.05) is 0 Å². The van der Waals surface area contributed by atoms with Crippen molar-refractivity contribution in [2.75, 3.05) is 0 Å². The van der Waals surface area contributed by atoms with Crippen LogP contribution in [0.2, 0.25) is 0 Å². The topological polar surface area (TPSA) is 116 Å². The van der Waals surface area contributed by atoms with E-state index in [1.54, 1.807) is 13.1 Å². The van der Waals surface area contributed by atoms with Crippen molar-refractivity contribution in [3.63, 3.8) is 0 Å². The lowest BCUT2D eigenvalue weighted by atomic mass is 10.2. The van der Waals surface area contributed by atoms with E-state index in [0.717, 1.165) is 4.68 Å². The van der Waals surface area contributed by atoms with Crippen molar-refractivity contribution in [2.45, 2.75) is 6.54 Å². The molecule has 0 fully saturated rings. The summed E-state index contributed by atoms with van der Waals surface area (Å²) < 4.78 is 2.62. The molecule has 21 heavy (non-hydrogen) atoms. The molecule has 3 aromatic heterocycles. The molecule has 0 radical (unpaired) electrons. The van der Waals surface area contributed by atoms with E-state index in [9.17, 15) is 9.59 Å². The normalized spacial score (nSPS) is 10.9. The summed E-state index contributed by atoms with van der Waals surface area (Å²) in [6, 6.07) is 3.01. The summed E-state index contributed by atoms with van der Waals surface area (Å²) in [6.45, 7) is 0.111. The Morgan fingerprint density at radius 1 is 1.43 bits per heavy atom. The van der Waals surface area contributed by atoms with Crippen LogP contribution in [0.25, 0.3) is 11.0 Å². The van der Waals surface area contributed by atoms with Crippen LogP contribution in [0.1, 0.15) is 16.1 Å². The number of carbonyl (C=O) groups is 1. The highest BCUT2D eigenvalue weighted by atomic mass is 16.4. The lowest BCUT2D eigenvalue weighted by Gasteiger charge is -2.04. The lowest BCUT2D eigenvalue weighted by molar-refractivity contribution is 0.0690. The van der Waals surface area contributed by atoms with E-state index >= 15 is 0 Å². The molecule has 9 heteroatoms. The Labute approximate surface area is 117 Å². The van der Waals surface area contributed by atoms with Gasteiger partial charge in [-0.15, -0.1) is 5.10 Å². The van der Waals surface area contributed by atoms with E-state index in [4.69, 9.17) is 5.11 Å². The number of carboxylic acid groups (broad SMARTS) is 1. The molecule has 0 unspecified atom stereocenters. The third-order valence-corrected chi connectivity index (χ3v) is 3.00. The van der Waals surface area contributed by atoms with E-state index in [0.29, 0.717) is 16.6 Å². The van der Waals surface area contributed by atoms with Crippen molar-refractivity contribution in [1.82, 2.24) is 29.8 Å². The molecule has 0 aliphatic carbocycles. The molecule has 0 saturated heterocycles. The number of pyridine rings is 1. The number of nitrogens with zero attached hydrogens (tertiary/aromatic N) is 6. The van der Waals surface area contributed by atoms with Gasteiger partial charge in [0.1, 0.15) is 11.1 Å². The van der Waals surface area contributed by atoms with Crippen LogP contribution in [0.15, 0.2) is 29.3 Å². The second kappa shape index (κ2) is 4.78. The van der Waals surface area contributed by atoms with Gasteiger partial charge in [0.05, 0.1) is 12.7 Å². The molecule has 3 rings (SSSR count). The monoisotopic (exact) mass is 286 g/mol. The summed E-state index contributed by atoms with van der Waals surface area (Å²) in [7, 11) is 1.67. The van der Waals surface area contributed by atoms with Gasteiger partial charge in [0.25, 0.3) is 5.56 Å². The molecule has 9 nitrogen and oxygen atoms in total. The second-order valence-electron chi connectivity index (χ2n) is 4.41. The molecule has 0 amide bonds. The maximum Gasteiger partial charge on any atom is 0.354 e. The zero-order valence-electron chi connectivity index (χ0n) is 11.0. The van der Waals surface area contributed by atoms with Crippen LogP contribution in [-0.2, 0) is 13.6 Å². The van der Waals surface area contributed by atoms with E-state index in [1.165, 1.54) is 23.1 Å². The van der Waals surface area contributed by atoms with Crippen LogP contribution in [-0.4, -0.2) is 40.8 Å². The highest BCUT2D eigenvalue weighted by Gasteiger charge is 2.11. The summed E-state index contributed by atoms with van der Waals surface area (Å²) in [5.41, 5.74) is 0.581. The van der Waals surface area contributed by atoms with Crippen LogP contribution < -0.4 is 5.56 Å². The maximum absolute atomic E-state index is 12.2. The fourth-order valence-electron chi connectivity index (χ4n) is 1.94. The number of fused-ring (bicyclic) bond motifs is 1. The summed E-state index contributed by atoms with van der Waals surface area (Å²) in [6.07, 6.45) is 2.80. The van der Waals surface area contributed by atoms with Crippen LogP contribution in [0.4, 0.5) is 0 Å². The molecule has 0 spiro atoms. The van der Waals surface area contributed by atoms with Gasteiger partial charge in [0, 0.05) is 13.2 Å². The Kier molecular flexibility index (Phi) is 2.94. The maximum atomic E-state index is 12.2. The lowest BCUT2D eigenvalue weighted by Crippen LogP contribution is -2.25. The Morgan fingerprint density at radius 2 is 2.24 bits per heavy atom. The average Bonchev–Trinajstić information content (AvgIpc) is 2.84. The first-order chi connectivity index (χ1) is 10.1. The molecule has 0 aliphatic heterocycles. The molecule has 1 N–H and O–H groups in total. The predicted molar refractivity (Wildman–Crippen MR) is 70.9 cm³/mol. The first kappa shape index (κ1) is 12.9. The van der Waals surface area contributed by atoms with Gasteiger partial charge in [0.2, 0.25) is 0 Å². The van der Waals surface area contributed by atoms with Gasteiger partial charge in [-0.3, -0.25) is 4.79 Å². The third kappa shape index (κ3) is 2.24. The van der Waals surface area contributed by atoms with Crippen LogP contribution in [0, 0.1) is 0 Å². The number of rotatable bonds is 3. The van der Waals surface area contributed by atoms with Gasteiger partial charge in [0.15, 0.2) is 5.65 Å². The standard InChI is InChI=1S/C12H10N6O3/c1-17-10-8(5-14-17)11(19)18(16-15-10)6-7-2-3-13-9(4-7)12(20)21/h2-5H,6H2,1H3,(H,20,21). The van der Waals surface area contributed by atoms with Crippen molar-refractivity contribution >= 4 is 17.0 Å². The number of aryl methyl sites for hydroxylation is 1. The van der Waals surface area contributed by atoms with Gasteiger partial charge in [-0.1, -0.05) is 5.21 Å². The van der Waals surface area contributed by atoms with Crippen LogP contribution in [0.5, 0.6) is 0 Å². The molecule has 0 aliphatic rings. The first-order valence-corrected chi connectivity index (χ1v) is 6.00. The number of aromatic carboxylic acids is 1. The van der Waals surface area contributed by atoms with Crippen LogP contribution >= 0.6 is 0 Å². The molecule has 106 valence electrons. The fraction of sp³-hybridized carbons (Fsp3) is 0.167. The summed E-state index contributed by atoms with van der Waals surface area (Å²) in [5.74, 6) is -1.13. The minimum absolute atomic E-state index is 0.0871. The minimum Gasteiger partial charge on any atom is -0.477 e. The Morgan fingerprint density at radius 3 is 3.00 bits per heavy atom. The van der Waals surface area contributed by atoms with E-state index in [2.05, 4.69) is 20.4 Å².